The van der Waals surface area contributed by atoms with Gasteiger partial charge in [0, 0.05) is 5.33 Å². The molecule has 0 amide bonds. The number of benzene rings is 2. The summed E-state index contributed by atoms with van der Waals surface area (Å²) in [5, 5.41) is 0.915. The van der Waals surface area contributed by atoms with Crippen LogP contribution in [0.2, 0.25) is 0 Å². The summed E-state index contributed by atoms with van der Waals surface area (Å²) in [6.07, 6.45) is 0. The quantitative estimate of drug-likeness (QED) is 0.686. The molecule has 0 spiro atoms. The van der Waals surface area contributed by atoms with Gasteiger partial charge in [0.15, 0.2) is 0 Å². The Labute approximate surface area is 105 Å². The van der Waals surface area contributed by atoms with Crippen LogP contribution in [0, 0.1) is 13.8 Å². The molecule has 0 radical (unpaired) electrons. The summed E-state index contributed by atoms with van der Waals surface area (Å²) in [7, 11) is 0. The number of hydrogen-bond donors (Lipinski definition) is 0. The van der Waals surface area contributed by atoms with Crippen LogP contribution in [0.25, 0.3) is 11.1 Å². The molecule has 82 valence electrons. The van der Waals surface area contributed by atoms with Crippen LogP contribution in [0.15, 0.2) is 42.5 Å². The van der Waals surface area contributed by atoms with Crippen LogP contribution in [-0.2, 0) is 5.33 Å². The normalized spacial score (nSPS) is 10.4. The summed E-state index contributed by atoms with van der Waals surface area (Å²) in [6.45, 7) is 4.31. The highest BCUT2D eigenvalue weighted by molar-refractivity contribution is 9.08. The van der Waals surface area contributed by atoms with Crippen LogP contribution < -0.4 is 0 Å². The van der Waals surface area contributed by atoms with Crippen LogP contribution in [0.3, 0.4) is 0 Å². The minimum atomic E-state index is 0.915. The van der Waals surface area contributed by atoms with Crippen LogP contribution in [0.1, 0.15) is 16.7 Å². The summed E-state index contributed by atoms with van der Waals surface area (Å²) < 4.78 is 0. The van der Waals surface area contributed by atoms with Crippen molar-refractivity contribution >= 4 is 15.9 Å². The molecule has 0 atom stereocenters. The van der Waals surface area contributed by atoms with E-state index in [4.69, 9.17) is 0 Å². The molecule has 2 aromatic rings. The molecule has 0 heterocycles. The van der Waals surface area contributed by atoms with Crippen molar-refractivity contribution in [3.8, 4) is 11.1 Å². The predicted molar refractivity (Wildman–Crippen MR) is 74.0 cm³/mol. The largest absolute Gasteiger partial charge is 0.0876 e. The van der Waals surface area contributed by atoms with Gasteiger partial charge < -0.3 is 0 Å². The topological polar surface area (TPSA) is 0 Å². The van der Waals surface area contributed by atoms with E-state index in [-0.39, 0.29) is 0 Å². The van der Waals surface area contributed by atoms with Crippen molar-refractivity contribution in [3.05, 3.63) is 59.2 Å². The fourth-order valence-electron chi connectivity index (χ4n) is 1.88. The first-order valence-electron chi connectivity index (χ1n) is 5.44. The first-order valence-corrected chi connectivity index (χ1v) is 6.56. The van der Waals surface area contributed by atoms with Gasteiger partial charge in [-0.1, -0.05) is 58.4 Å². The minimum Gasteiger partial charge on any atom is -0.0876 e. The summed E-state index contributed by atoms with van der Waals surface area (Å²) >= 11 is 3.53. The lowest BCUT2D eigenvalue weighted by Crippen LogP contribution is -1.88. The molecule has 0 aliphatic carbocycles. The SMILES string of the molecule is Cc1ccc(-c2ccccc2C)cc1CBr. The van der Waals surface area contributed by atoms with Gasteiger partial charge in [-0.25, -0.2) is 0 Å². The van der Waals surface area contributed by atoms with E-state index in [1.165, 1.54) is 27.8 Å². The molecule has 0 saturated carbocycles. The molecular formula is C15H15Br. The molecule has 0 nitrogen and oxygen atoms in total. The molecule has 0 N–H and O–H groups in total. The summed E-state index contributed by atoms with van der Waals surface area (Å²) in [5.41, 5.74) is 6.66. The highest BCUT2D eigenvalue weighted by Crippen LogP contribution is 2.26. The average Bonchev–Trinajstić information content (AvgIpc) is 2.31. The summed E-state index contributed by atoms with van der Waals surface area (Å²) in [5.74, 6) is 0. The van der Waals surface area contributed by atoms with E-state index in [0.29, 0.717) is 0 Å². The molecule has 0 aromatic heterocycles. The smallest absolute Gasteiger partial charge is 0.0285 e. The number of aryl methyl sites for hydroxylation is 2. The van der Waals surface area contributed by atoms with Crippen molar-refractivity contribution < 1.29 is 0 Å². The zero-order valence-electron chi connectivity index (χ0n) is 9.63. The van der Waals surface area contributed by atoms with Crippen LogP contribution in [0.5, 0.6) is 0 Å². The van der Waals surface area contributed by atoms with E-state index < -0.39 is 0 Å². The molecule has 0 bridgehead atoms. The van der Waals surface area contributed by atoms with Gasteiger partial charge in [-0.3, -0.25) is 0 Å². The number of rotatable bonds is 2. The molecule has 0 saturated heterocycles. The molecular weight excluding hydrogens is 260 g/mol. The van der Waals surface area contributed by atoms with E-state index in [0.717, 1.165) is 5.33 Å². The summed E-state index contributed by atoms with van der Waals surface area (Å²) in [4.78, 5) is 0. The second-order valence-corrected chi connectivity index (χ2v) is 4.65. The third kappa shape index (κ3) is 2.19. The Bertz CT molecular complexity index is 501. The van der Waals surface area contributed by atoms with Gasteiger partial charge in [-0.05, 0) is 41.7 Å². The van der Waals surface area contributed by atoms with Crippen LogP contribution in [-0.4, -0.2) is 0 Å². The highest BCUT2D eigenvalue weighted by Gasteiger charge is 2.03. The third-order valence-corrected chi connectivity index (χ3v) is 3.55. The first-order chi connectivity index (χ1) is 7.72. The Balaban J connectivity index is 2.53. The number of hydrogen-bond acceptors (Lipinski definition) is 0. The van der Waals surface area contributed by atoms with Gasteiger partial charge in [0.05, 0.1) is 0 Å². The molecule has 0 aliphatic heterocycles. The van der Waals surface area contributed by atoms with E-state index in [1.807, 2.05) is 0 Å². The van der Waals surface area contributed by atoms with Gasteiger partial charge in [-0.15, -0.1) is 0 Å². The maximum Gasteiger partial charge on any atom is 0.0285 e. The maximum absolute atomic E-state index is 3.53. The Morgan fingerprint density at radius 2 is 1.69 bits per heavy atom. The van der Waals surface area contributed by atoms with Gasteiger partial charge in [0.1, 0.15) is 0 Å². The monoisotopic (exact) mass is 274 g/mol. The molecule has 16 heavy (non-hydrogen) atoms. The van der Waals surface area contributed by atoms with Crippen molar-refractivity contribution in [2.24, 2.45) is 0 Å². The Hall–Kier alpha value is -1.08. The van der Waals surface area contributed by atoms with E-state index in [1.54, 1.807) is 0 Å². The van der Waals surface area contributed by atoms with Crippen molar-refractivity contribution in [2.75, 3.05) is 0 Å². The Morgan fingerprint density at radius 3 is 2.38 bits per heavy atom. The zero-order valence-corrected chi connectivity index (χ0v) is 11.2. The van der Waals surface area contributed by atoms with Gasteiger partial charge >= 0.3 is 0 Å². The van der Waals surface area contributed by atoms with Crippen LogP contribution >= 0.6 is 15.9 Å². The first kappa shape index (κ1) is 11.4. The van der Waals surface area contributed by atoms with Crippen molar-refractivity contribution in [1.29, 1.82) is 0 Å². The standard InChI is InChI=1S/C15H15Br/c1-11-7-8-13(9-14(11)10-16)15-6-4-3-5-12(15)2/h3-9H,10H2,1-2H3. The fraction of sp³-hybridized carbons (Fsp3) is 0.200. The Kier molecular flexibility index (Phi) is 3.45. The third-order valence-electron chi connectivity index (χ3n) is 2.95. The molecule has 0 aliphatic rings. The van der Waals surface area contributed by atoms with Gasteiger partial charge in [0.2, 0.25) is 0 Å². The molecule has 2 rings (SSSR count). The van der Waals surface area contributed by atoms with E-state index in [2.05, 4.69) is 72.2 Å². The van der Waals surface area contributed by atoms with E-state index >= 15 is 0 Å². The second-order valence-electron chi connectivity index (χ2n) is 4.09. The van der Waals surface area contributed by atoms with Gasteiger partial charge in [0.25, 0.3) is 0 Å². The second kappa shape index (κ2) is 4.84. The lowest BCUT2D eigenvalue weighted by atomic mass is 9.97. The van der Waals surface area contributed by atoms with Gasteiger partial charge in [-0.2, -0.15) is 0 Å². The lowest BCUT2D eigenvalue weighted by Gasteiger charge is -2.09. The highest BCUT2D eigenvalue weighted by atomic mass is 79.9. The predicted octanol–water partition coefficient (Wildman–Crippen LogP) is 4.87. The molecule has 0 unspecified atom stereocenters. The van der Waals surface area contributed by atoms with Crippen molar-refractivity contribution in [2.45, 2.75) is 19.2 Å². The van der Waals surface area contributed by atoms with Crippen molar-refractivity contribution in [1.82, 2.24) is 0 Å². The summed E-state index contributed by atoms with van der Waals surface area (Å²) in [6, 6.07) is 15.2. The fourth-order valence-corrected chi connectivity index (χ4v) is 2.48. The Morgan fingerprint density at radius 1 is 0.938 bits per heavy atom. The molecule has 2 aromatic carbocycles. The number of alkyl halides is 1. The molecule has 0 fully saturated rings. The lowest BCUT2D eigenvalue weighted by molar-refractivity contribution is 1.32. The van der Waals surface area contributed by atoms with Crippen molar-refractivity contribution in [3.63, 3.8) is 0 Å². The average molecular weight is 275 g/mol. The zero-order chi connectivity index (χ0) is 11.5. The maximum atomic E-state index is 3.53. The minimum absolute atomic E-state index is 0.915. The number of halogens is 1. The van der Waals surface area contributed by atoms with Crippen LogP contribution in [0.4, 0.5) is 0 Å². The van der Waals surface area contributed by atoms with E-state index in [9.17, 15) is 0 Å². The molecule has 1 heteroatoms.